The molecule has 22 aliphatic carbocycles. The van der Waals surface area contributed by atoms with E-state index in [2.05, 4.69) is 67.6 Å². The molecule has 24 aliphatic rings. The molecule has 0 spiro atoms. The van der Waals surface area contributed by atoms with Gasteiger partial charge in [0.25, 0.3) is 0 Å². The monoisotopic (exact) mass is 2020 g/mol. The Kier molecular flexibility index (Phi) is 43.4. The van der Waals surface area contributed by atoms with E-state index >= 15 is 0 Å². The van der Waals surface area contributed by atoms with Crippen molar-refractivity contribution in [2.45, 2.75) is 486 Å². The zero-order chi connectivity index (χ0) is 101. The van der Waals surface area contributed by atoms with E-state index in [9.17, 15) is 67.7 Å². The Bertz CT molecular complexity index is 4200. The quantitative estimate of drug-likeness (QED) is 0.0397. The molecule has 0 aromatic carbocycles. The number of carbonyl (C=O) groups is 12. The van der Waals surface area contributed by atoms with Gasteiger partial charge in [0.1, 0.15) is 39.7 Å². The molecule has 0 aromatic rings. The number of carboxylic acid groups (broad SMARTS) is 3. The second kappa shape index (κ2) is 49.6. The first-order valence-electron chi connectivity index (χ1n) is 54.4. The third-order valence-corrected chi connectivity index (χ3v) is 40.1. The first kappa shape index (κ1) is 125. The normalized spacial score (nSPS) is 38.8. The van der Waals surface area contributed by atoms with Crippen molar-refractivity contribution in [1.82, 2.24) is 5.32 Å². The minimum atomic E-state index is -1.03. The Balaban J connectivity index is 0.000000254. The Hall–Kier alpha value is -6.40. The maximum atomic E-state index is 12.4. The molecule has 0 radical (unpaired) electrons. The highest BCUT2D eigenvalue weighted by Crippen LogP contribution is 2.67. The number of amides is 1. The number of hydrogen-bond acceptors (Lipinski definition) is 21. The zero-order valence-electron chi connectivity index (χ0n) is 88.0. The van der Waals surface area contributed by atoms with Crippen LogP contribution in [-0.2, 0) is 95.4 Å². The number of methoxy groups -OCH3 is 1. The molecule has 25 nitrogen and oxygen atoms in total. The van der Waals surface area contributed by atoms with Crippen LogP contribution < -0.4 is 5.32 Å². The second-order valence-electron chi connectivity index (χ2n) is 50.8. The van der Waals surface area contributed by atoms with E-state index < -0.39 is 75.7 Å². The van der Waals surface area contributed by atoms with Crippen LogP contribution in [0.15, 0.2) is 0 Å². The van der Waals surface area contributed by atoms with E-state index in [4.69, 9.17) is 48.1 Å². The molecule has 22 saturated carbocycles. The van der Waals surface area contributed by atoms with Gasteiger partial charge in [0.05, 0.1) is 77.3 Å². The molecule has 1 amide bonds. The van der Waals surface area contributed by atoms with Crippen LogP contribution in [0, 0.1) is 182 Å². The summed E-state index contributed by atoms with van der Waals surface area (Å²) in [5, 5.41) is 41.6. The number of carbonyl (C=O) groups excluding carboxylic acids is 9. The predicted molar refractivity (Wildman–Crippen MR) is 557 cm³/mol. The number of ether oxygens (including phenoxy) is 8. The van der Waals surface area contributed by atoms with Gasteiger partial charge in [-0.1, -0.05) is 182 Å². The predicted octanol–water partition coefficient (Wildman–Crippen LogP) is 24.9. The molecule has 22 atom stereocenters. The average molecular weight is 2020 g/mol. The minimum absolute atomic E-state index is 0. The first-order valence-corrected chi connectivity index (χ1v) is 54.4. The molecule has 5 N–H and O–H groups in total. The van der Waals surface area contributed by atoms with Gasteiger partial charge in [0.15, 0.2) is 0 Å². The fourth-order valence-electron chi connectivity index (χ4n) is 30.6. The number of nitrogens with one attached hydrogen (secondary N) is 1. The lowest BCUT2D eigenvalue weighted by molar-refractivity contribution is -0.222. The van der Waals surface area contributed by atoms with E-state index in [-0.39, 0.29) is 162 Å². The number of carboxylic acids is 3. The van der Waals surface area contributed by atoms with E-state index in [0.29, 0.717) is 115 Å². The van der Waals surface area contributed by atoms with Crippen LogP contribution in [0.5, 0.6) is 0 Å². The van der Waals surface area contributed by atoms with Crippen molar-refractivity contribution in [2.75, 3.05) is 7.11 Å². The molecule has 824 valence electrons. The Morgan fingerprint density at radius 1 is 0.399 bits per heavy atom. The fraction of sp³-hybridized carbons (Fsp3) is 0.898. The highest BCUT2D eigenvalue weighted by molar-refractivity contribution is 5.85. The molecule has 143 heavy (non-hydrogen) atoms. The lowest BCUT2D eigenvalue weighted by Gasteiger charge is -2.62. The first-order chi connectivity index (χ1) is 64.0. The van der Waals surface area contributed by atoms with Crippen LogP contribution in [0.3, 0.4) is 0 Å². The minimum Gasteiger partial charge on any atom is -0.481 e. The van der Waals surface area contributed by atoms with E-state index in [1.807, 2.05) is 48.5 Å². The molecule has 2 heterocycles. The van der Waals surface area contributed by atoms with Crippen molar-refractivity contribution in [3.63, 3.8) is 0 Å². The van der Waals surface area contributed by atoms with Crippen LogP contribution >= 0.6 is 0 Å². The van der Waals surface area contributed by atoms with Crippen LogP contribution in [0.4, 0.5) is 0 Å². The van der Waals surface area contributed by atoms with Crippen LogP contribution in [-0.4, -0.2) is 150 Å². The van der Waals surface area contributed by atoms with Crippen molar-refractivity contribution in [3.05, 3.63) is 0 Å². The number of esters is 8. The van der Waals surface area contributed by atoms with E-state index in [1.54, 1.807) is 34.6 Å². The molecular weight excluding hydrogens is 1820 g/mol. The fourth-order valence-corrected chi connectivity index (χ4v) is 30.6. The van der Waals surface area contributed by atoms with Gasteiger partial charge in [-0.15, -0.1) is 0 Å². The summed E-state index contributed by atoms with van der Waals surface area (Å²) in [5.41, 5.74) is -3.14. The van der Waals surface area contributed by atoms with Gasteiger partial charge in [-0.3, -0.25) is 57.5 Å². The largest absolute Gasteiger partial charge is 0.481 e. The number of fused-ring (bicyclic) bond motifs is 3. The van der Waals surface area contributed by atoms with Crippen molar-refractivity contribution < 1.29 is 116 Å². The van der Waals surface area contributed by atoms with Crippen molar-refractivity contribution >= 4 is 71.6 Å². The molecule has 2 aliphatic heterocycles. The molecule has 2 saturated heterocycles. The van der Waals surface area contributed by atoms with Gasteiger partial charge in [-0.2, -0.15) is 0 Å². The SMILES string of the molecule is C.C.C.C.C.C.CC(C(=O)O)C(C)C(=O)OC1(C)C2CC3CC(C2)CC1C3.CC(C(=O)O)C(C)C(=O)OC12CC3CC(C1)CC(C(=O)O)(C3)C2.CCC(C)C(=O)OC(C)(C)C1CCC(C)CC1.CCC(C)C(=O)OC1(C)C2CC3CC(C2)CC1C3.CCC(C)C(=O)OC12CC3CC(C1)OC(=O)C(C3)C2.CCC(C)C(=O)OC12CC3CC(CC(O)(C3)C1)C2.COC(=O)C(C)C(C)C(=O)N[C@@H]1C[C@@H]2C[C@H](C1C)C2(C)C. The average Bonchev–Trinajstić information content (AvgIpc) is 1.52. The van der Waals surface area contributed by atoms with Crippen molar-refractivity contribution in [3.8, 4) is 0 Å². The summed E-state index contributed by atoms with van der Waals surface area (Å²) in [7, 11) is 1.36. The van der Waals surface area contributed by atoms with Crippen molar-refractivity contribution in [2.24, 2.45) is 182 Å². The lowest BCUT2D eigenvalue weighted by Crippen LogP contribution is -2.61. The number of aliphatic carboxylic acids is 3. The summed E-state index contributed by atoms with van der Waals surface area (Å²) in [6.07, 6.45) is 37.4. The molecule has 22 bridgehead atoms. The third kappa shape index (κ3) is 27.9. The molecule has 24 fully saturated rings. The van der Waals surface area contributed by atoms with Crippen LogP contribution in [0.2, 0.25) is 0 Å². The van der Waals surface area contributed by atoms with Gasteiger partial charge in [-0.05, 0) is 339 Å². The Morgan fingerprint density at radius 3 is 1.17 bits per heavy atom. The number of rotatable bonds is 26. The van der Waals surface area contributed by atoms with Gasteiger partial charge in [0, 0.05) is 37.6 Å². The summed E-state index contributed by atoms with van der Waals surface area (Å²) in [5.74, 6) is 3.45. The second-order valence-corrected chi connectivity index (χ2v) is 50.8. The number of hydrogen-bond donors (Lipinski definition) is 5. The van der Waals surface area contributed by atoms with Gasteiger partial charge < -0.3 is 63.6 Å². The molecular formula is C118H203NO24. The Morgan fingerprint density at radius 2 is 0.769 bits per heavy atom. The highest BCUT2D eigenvalue weighted by Gasteiger charge is 2.66. The van der Waals surface area contributed by atoms with Crippen molar-refractivity contribution in [1.29, 1.82) is 0 Å². The van der Waals surface area contributed by atoms with Crippen LogP contribution in [0.25, 0.3) is 0 Å². The third-order valence-electron chi connectivity index (χ3n) is 40.1. The molecule has 24 rings (SSSR count). The van der Waals surface area contributed by atoms with E-state index in [0.717, 1.165) is 132 Å². The number of aliphatic hydroxyl groups is 1. The molecule has 0 aromatic heterocycles. The standard InChI is InChI=1S/C17H29NO3.C17H24O6.C17H26O4.C16H26O2.C15H22O4.C15H24O3.C15H28O2.6CH4/c1-9(10(2)16(20)21-6)15(19)18-14-8-12-7-13(11(14)3)17(12,4)5;1-9(13(18)19)10(2)14(20)23-17-6-11-3-12(7-17)5-16(4-11,8-17)15(21)22;1-9(15(18)19)10(2)16(20)21-17(3)13-5-11-4-12(7-13)8-14(17)6-11;1-4-10(2)15(17)18-16(3)13-6-11-5-12(8-13)9-14(16)7-11;1-3-9(2)13(16)19-15-6-10-4-11(7-15)14(17)18-12(5-10)8-15;1-3-10(2)13(16)18-15-7-11-4-12(8-15)6-14(17,5-11)9-15;1-6-12(3)14(16)17-15(4,5)13-9-7-11(2)8-10-13;;;;;;/h9-14H,7-8H2,1-6H3,(H,18,19);9-12H,3-8H2,1-2H3,(H,18,19)(H,21,22);9-14H,4-8H2,1-3H3,(H,18,19);10-14H,4-9H2,1-3H3;9-12H,3-8H2,1-2H3;10-12,17H,3-9H2,1-2H3;11-13H,6-10H2,1-5H3;6*1H4/t9?,10?,11?,12-,13+,14+;;;;;;;;;;;;/m0............/s1. The summed E-state index contributed by atoms with van der Waals surface area (Å²) < 4.78 is 45.4. The van der Waals surface area contributed by atoms with Gasteiger partial charge >= 0.3 is 65.7 Å². The maximum absolute atomic E-state index is 12.4. The summed E-state index contributed by atoms with van der Waals surface area (Å²) in [6.45, 7) is 43.4. The highest BCUT2D eigenvalue weighted by atomic mass is 16.6. The van der Waals surface area contributed by atoms with Gasteiger partial charge in [0.2, 0.25) is 5.91 Å². The lowest BCUT2D eigenvalue weighted by atomic mass is 9.45. The summed E-state index contributed by atoms with van der Waals surface area (Å²) in [4.78, 5) is 143. The molecule has 19 unspecified atom stereocenters. The molecule has 25 heteroatoms. The summed E-state index contributed by atoms with van der Waals surface area (Å²) in [6, 6.07) is 0.251. The topological polar surface area (TPSA) is 372 Å². The van der Waals surface area contributed by atoms with E-state index in [1.165, 1.54) is 117 Å². The van der Waals surface area contributed by atoms with Crippen LogP contribution in [0.1, 0.15) is 434 Å². The zero-order valence-corrected chi connectivity index (χ0v) is 88.0. The van der Waals surface area contributed by atoms with Gasteiger partial charge in [-0.25, -0.2) is 0 Å². The maximum Gasteiger partial charge on any atom is 0.310 e. The Labute approximate surface area is 863 Å². The summed E-state index contributed by atoms with van der Waals surface area (Å²) >= 11 is 0. The smallest absolute Gasteiger partial charge is 0.310 e.